The number of benzene rings is 2. The molecule has 2 aromatic carbocycles. The number of hydrogen-bond acceptors (Lipinski definition) is 7. The molecule has 9 nitrogen and oxygen atoms in total. The summed E-state index contributed by atoms with van der Waals surface area (Å²) >= 11 is 0. The maximum atomic E-state index is 13.2. The van der Waals surface area contributed by atoms with E-state index in [0.717, 1.165) is 16.7 Å². The van der Waals surface area contributed by atoms with Crippen LogP contribution in [-0.2, 0) is 11.3 Å². The summed E-state index contributed by atoms with van der Waals surface area (Å²) in [6, 6.07) is 13.4. The van der Waals surface area contributed by atoms with E-state index in [1.165, 1.54) is 0 Å². The molecule has 4 rings (SSSR count). The fourth-order valence-electron chi connectivity index (χ4n) is 3.36. The highest BCUT2D eigenvalue weighted by Gasteiger charge is 2.17. The topological polar surface area (TPSA) is 108 Å². The summed E-state index contributed by atoms with van der Waals surface area (Å²) < 4.78 is 7.09. The molecule has 0 saturated heterocycles. The molecule has 4 aromatic rings. The molecule has 9 heteroatoms. The summed E-state index contributed by atoms with van der Waals surface area (Å²) in [5.74, 6) is 0.319. The zero-order chi connectivity index (χ0) is 23.2. The van der Waals surface area contributed by atoms with Gasteiger partial charge in [-0.25, -0.2) is 0 Å². The monoisotopic (exact) mass is 443 g/mol. The van der Waals surface area contributed by atoms with Crippen molar-refractivity contribution in [1.29, 1.82) is 0 Å². The lowest BCUT2D eigenvalue weighted by atomic mass is 10.0. The second-order valence-electron chi connectivity index (χ2n) is 7.60. The van der Waals surface area contributed by atoms with Crippen LogP contribution in [0.5, 0.6) is 0 Å². The zero-order valence-electron chi connectivity index (χ0n) is 18.8. The SMILES string of the molecule is CCOCc1nnnn1-c1cc(C(=O)NC(C)c2cnccn2)cc(-c2ccc(C)cc2)c1. The van der Waals surface area contributed by atoms with Crippen LogP contribution >= 0.6 is 0 Å². The van der Waals surface area contributed by atoms with Gasteiger partial charge in [-0.1, -0.05) is 29.8 Å². The van der Waals surface area contributed by atoms with Crippen LogP contribution in [0.25, 0.3) is 16.8 Å². The number of carbonyl (C=O) groups is 1. The number of nitrogens with one attached hydrogen (secondary N) is 1. The smallest absolute Gasteiger partial charge is 0.251 e. The number of ether oxygens (including phenoxy) is 1. The molecule has 0 bridgehead atoms. The minimum absolute atomic E-state index is 0.234. The largest absolute Gasteiger partial charge is 0.374 e. The molecule has 2 aromatic heterocycles. The van der Waals surface area contributed by atoms with Crippen molar-refractivity contribution >= 4 is 5.91 Å². The molecule has 1 atom stereocenters. The fraction of sp³-hybridized carbons (Fsp3) is 0.250. The van der Waals surface area contributed by atoms with E-state index >= 15 is 0 Å². The van der Waals surface area contributed by atoms with Crippen LogP contribution < -0.4 is 5.32 Å². The Labute approximate surface area is 191 Å². The molecule has 1 N–H and O–H groups in total. The summed E-state index contributed by atoms with van der Waals surface area (Å²) in [4.78, 5) is 21.6. The van der Waals surface area contributed by atoms with E-state index in [9.17, 15) is 4.79 Å². The standard InChI is InChI=1S/C24H25N7O2/c1-4-33-15-23-28-29-30-31(23)21-12-19(18-7-5-16(2)6-8-18)11-20(13-21)24(32)27-17(3)22-14-25-9-10-26-22/h5-14,17H,4,15H2,1-3H3,(H,27,32). The number of nitrogens with zero attached hydrogens (tertiary/aromatic N) is 6. The van der Waals surface area contributed by atoms with Gasteiger partial charge >= 0.3 is 0 Å². The summed E-state index contributed by atoms with van der Waals surface area (Å²) in [5, 5.41) is 15.0. The van der Waals surface area contributed by atoms with E-state index in [4.69, 9.17) is 4.74 Å². The van der Waals surface area contributed by atoms with Crippen LogP contribution in [0.2, 0.25) is 0 Å². The number of aromatic nitrogens is 6. The molecule has 0 aliphatic rings. The molecule has 0 aliphatic carbocycles. The van der Waals surface area contributed by atoms with Crippen molar-refractivity contribution in [3.05, 3.63) is 83.7 Å². The predicted molar refractivity (Wildman–Crippen MR) is 123 cm³/mol. The molecule has 168 valence electrons. The summed E-state index contributed by atoms with van der Waals surface area (Å²) in [5.41, 5.74) is 4.85. The van der Waals surface area contributed by atoms with Gasteiger partial charge in [0.1, 0.15) is 6.61 Å². The lowest BCUT2D eigenvalue weighted by Crippen LogP contribution is -2.27. The van der Waals surface area contributed by atoms with Crippen LogP contribution in [-0.4, -0.2) is 42.7 Å². The van der Waals surface area contributed by atoms with Crippen molar-refractivity contribution in [2.45, 2.75) is 33.4 Å². The van der Waals surface area contributed by atoms with E-state index in [1.54, 1.807) is 29.3 Å². The van der Waals surface area contributed by atoms with Crippen molar-refractivity contribution in [3.8, 4) is 16.8 Å². The molecule has 1 unspecified atom stereocenters. The van der Waals surface area contributed by atoms with Gasteiger partial charge in [0, 0.05) is 24.6 Å². The number of amides is 1. The summed E-state index contributed by atoms with van der Waals surface area (Å²) in [7, 11) is 0. The van der Waals surface area contributed by atoms with Crippen molar-refractivity contribution in [3.63, 3.8) is 0 Å². The van der Waals surface area contributed by atoms with Gasteiger partial charge in [0.15, 0.2) is 5.82 Å². The average molecular weight is 444 g/mol. The molecule has 0 spiro atoms. The summed E-state index contributed by atoms with van der Waals surface area (Å²) in [6.07, 6.45) is 4.84. The van der Waals surface area contributed by atoms with Crippen LogP contribution in [0.4, 0.5) is 0 Å². The van der Waals surface area contributed by atoms with Gasteiger partial charge in [-0.2, -0.15) is 4.68 Å². The highest BCUT2D eigenvalue weighted by Crippen LogP contribution is 2.25. The first kappa shape index (κ1) is 22.2. The number of tetrazole rings is 1. The lowest BCUT2D eigenvalue weighted by molar-refractivity contribution is 0.0939. The first-order valence-corrected chi connectivity index (χ1v) is 10.7. The van der Waals surface area contributed by atoms with Gasteiger partial charge < -0.3 is 10.1 Å². The Balaban J connectivity index is 1.72. The number of aryl methyl sites for hydroxylation is 1. The zero-order valence-corrected chi connectivity index (χ0v) is 18.8. The minimum Gasteiger partial charge on any atom is -0.374 e. The van der Waals surface area contributed by atoms with Crippen molar-refractivity contribution in [2.24, 2.45) is 0 Å². The third kappa shape index (κ3) is 5.27. The Morgan fingerprint density at radius 3 is 2.67 bits per heavy atom. The van der Waals surface area contributed by atoms with Crippen LogP contribution in [0.1, 0.15) is 47.3 Å². The Morgan fingerprint density at radius 2 is 1.94 bits per heavy atom. The molecule has 1 amide bonds. The maximum Gasteiger partial charge on any atom is 0.251 e. The van der Waals surface area contributed by atoms with Gasteiger partial charge in [-0.3, -0.25) is 14.8 Å². The van der Waals surface area contributed by atoms with E-state index < -0.39 is 0 Å². The molecule has 33 heavy (non-hydrogen) atoms. The summed E-state index contributed by atoms with van der Waals surface area (Å²) in [6.45, 7) is 6.63. The lowest BCUT2D eigenvalue weighted by Gasteiger charge is -2.15. The molecule has 0 radical (unpaired) electrons. The Hall–Kier alpha value is -3.98. The van der Waals surface area contributed by atoms with E-state index in [1.807, 2.05) is 57.2 Å². The second-order valence-corrected chi connectivity index (χ2v) is 7.60. The highest BCUT2D eigenvalue weighted by atomic mass is 16.5. The molecule has 0 aliphatic heterocycles. The van der Waals surface area contributed by atoms with Gasteiger partial charge in [0.05, 0.1) is 23.6 Å². The van der Waals surface area contributed by atoms with Crippen LogP contribution in [0, 0.1) is 6.92 Å². The Morgan fingerprint density at radius 1 is 1.12 bits per heavy atom. The predicted octanol–water partition coefficient (Wildman–Crippen LogP) is 3.46. The van der Waals surface area contributed by atoms with Gasteiger partial charge in [-0.15, -0.1) is 5.10 Å². The number of carbonyl (C=O) groups excluding carboxylic acids is 1. The van der Waals surface area contributed by atoms with Crippen molar-refractivity contribution < 1.29 is 9.53 Å². The first-order chi connectivity index (χ1) is 16.0. The van der Waals surface area contributed by atoms with Gasteiger partial charge in [0.25, 0.3) is 5.91 Å². The number of rotatable bonds is 8. The first-order valence-electron chi connectivity index (χ1n) is 10.7. The molecule has 2 heterocycles. The minimum atomic E-state index is -0.306. The Bertz CT molecular complexity index is 1220. The van der Waals surface area contributed by atoms with Crippen LogP contribution in [0.3, 0.4) is 0 Å². The molecular formula is C24H25N7O2. The van der Waals surface area contributed by atoms with E-state index in [-0.39, 0.29) is 18.6 Å². The third-order valence-electron chi connectivity index (χ3n) is 5.15. The van der Waals surface area contributed by atoms with Crippen molar-refractivity contribution in [1.82, 2.24) is 35.5 Å². The Kier molecular flexibility index (Phi) is 6.80. The maximum absolute atomic E-state index is 13.2. The van der Waals surface area contributed by atoms with Crippen molar-refractivity contribution in [2.75, 3.05) is 6.61 Å². The second kappa shape index (κ2) is 10.1. The molecular weight excluding hydrogens is 418 g/mol. The van der Waals surface area contributed by atoms with E-state index in [0.29, 0.717) is 29.4 Å². The van der Waals surface area contributed by atoms with Crippen LogP contribution in [0.15, 0.2) is 61.1 Å². The van der Waals surface area contributed by atoms with Gasteiger partial charge in [-0.05, 0) is 60.5 Å². The normalized spacial score (nSPS) is 11.8. The van der Waals surface area contributed by atoms with Gasteiger partial charge in [0.2, 0.25) is 0 Å². The van der Waals surface area contributed by atoms with E-state index in [2.05, 4.69) is 30.8 Å². The molecule has 0 fully saturated rings. The number of hydrogen-bond donors (Lipinski definition) is 1. The average Bonchev–Trinajstić information content (AvgIpc) is 3.32. The third-order valence-corrected chi connectivity index (χ3v) is 5.15. The highest BCUT2D eigenvalue weighted by molar-refractivity contribution is 5.96. The quantitative estimate of drug-likeness (QED) is 0.444. The fourth-order valence-corrected chi connectivity index (χ4v) is 3.36. The molecule has 0 saturated carbocycles.